The van der Waals surface area contributed by atoms with Gasteiger partial charge in [0.15, 0.2) is 0 Å². The van der Waals surface area contributed by atoms with Crippen LogP contribution in [0.25, 0.3) is 0 Å². The Morgan fingerprint density at radius 1 is 1.16 bits per heavy atom. The van der Waals surface area contributed by atoms with Crippen molar-refractivity contribution in [3.63, 3.8) is 0 Å². The van der Waals surface area contributed by atoms with Crippen LogP contribution < -0.4 is 4.90 Å². The largest absolute Gasteiger partial charge is 0.311 e. The zero-order chi connectivity index (χ0) is 14.0. The van der Waals surface area contributed by atoms with E-state index in [1.807, 2.05) is 31.2 Å². The number of nitrogens with zero attached hydrogens (tertiary/aromatic N) is 1. The SMILES string of the molecule is Cc1ccc(N(C)C(=O)c2cc(S)ccc2Cl)cc1. The van der Waals surface area contributed by atoms with Crippen LogP contribution in [0, 0.1) is 6.92 Å². The molecule has 0 aliphatic rings. The molecule has 0 bridgehead atoms. The molecule has 0 heterocycles. The second-order valence-electron chi connectivity index (χ2n) is 4.36. The zero-order valence-electron chi connectivity index (χ0n) is 10.7. The highest BCUT2D eigenvalue weighted by Gasteiger charge is 2.16. The van der Waals surface area contributed by atoms with Crippen molar-refractivity contribution in [2.45, 2.75) is 11.8 Å². The summed E-state index contributed by atoms with van der Waals surface area (Å²) < 4.78 is 0. The highest BCUT2D eigenvalue weighted by atomic mass is 35.5. The number of aryl methyl sites for hydroxylation is 1. The first-order valence-electron chi connectivity index (χ1n) is 5.82. The van der Waals surface area contributed by atoms with Crippen molar-refractivity contribution in [1.29, 1.82) is 0 Å². The minimum atomic E-state index is -0.148. The molecule has 0 unspecified atom stereocenters. The van der Waals surface area contributed by atoms with Gasteiger partial charge >= 0.3 is 0 Å². The van der Waals surface area contributed by atoms with Crippen LogP contribution in [0.2, 0.25) is 5.02 Å². The van der Waals surface area contributed by atoms with E-state index in [9.17, 15) is 4.79 Å². The van der Waals surface area contributed by atoms with E-state index < -0.39 is 0 Å². The van der Waals surface area contributed by atoms with Crippen LogP contribution in [0.5, 0.6) is 0 Å². The molecule has 2 aromatic carbocycles. The van der Waals surface area contributed by atoms with Gasteiger partial charge < -0.3 is 4.90 Å². The van der Waals surface area contributed by atoms with Crippen molar-refractivity contribution in [2.75, 3.05) is 11.9 Å². The third kappa shape index (κ3) is 3.11. The zero-order valence-corrected chi connectivity index (χ0v) is 12.4. The lowest BCUT2D eigenvalue weighted by atomic mass is 10.1. The summed E-state index contributed by atoms with van der Waals surface area (Å²) in [5.74, 6) is -0.148. The molecule has 19 heavy (non-hydrogen) atoms. The van der Waals surface area contributed by atoms with Crippen LogP contribution in [-0.4, -0.2) is 13.0 Å². The van der Waals surface area contributed by atoms with Crippen LogP contribution in [0.15, 0.2) is 47.4 Å². The van der Waals surface area contributed by atoms with Gasteiger partial charge in [-0.15, -0.1) is 12.6 Å². The first-order valence-corrected chi connectivity index (χ1v) is 6.65. The maximum Gasteiger partial charge on any atom is 0.259 e. The van der Waals surface area contributed by atoms with E-state index in [-0.39, 0.29) is 5.91 Å². The lowest BCUT2D eigenvalue weighted by Gasteiger charge is -2.18. The third-order valence-electron chi connectivity index (χ3n) is 2.91. The Labute approximate surface area is 123 Å². The molecular formula is C15H14ClNOS. The Morgan fingerprint density at radius 2 is 1.79 bits per heavy atom. The van der Waals surface area contributed by atoms with Gasteiger partial charge in [0.2, 0.25) is 0 Å². The number of carbonyl (C=O) groups excluding carboxylic acids is 1. The highest BCUT2D eigenvalue weighted by molar-refractivity contribution is 7.80. The van der Waals surface area contributed by atoms with Crippen LogP contribution in [0.1, 0.15) is 15.9 Å². The summed E-state index contributed by atoms with van der Waals surface area (Å²) in [6, 6.07) is 12.9. The summed E-state index contributed by atoms with van der Waals surface area (Å²) >= 11 is 10.3. The molecule has 0 saturated carbocycles. The third-order valence-corrected chi connectivity index (χ3v) is 3.51. The molecule has 0 atom stereocenters. The number of hydrogen-bond acceptors (Lipinski definition) is 2. The molecule has 0 spiro atoms. The number of hydrogen-bond donors (Lipinski definition) is 1. The smallest absolute Gasteiger partial charge is 0.259 e. The summed E-state index contributed by atoms with van der Waals surface area (Å²) in [7, 11) is 1.73. The first kappa shape index (κ1) is 14.0. The number of rotatable bonds is 2. The van der Waals surface area contributed by atoms with Gasteiger partial charge in [-0.25, -0.2) is 0 Å². The van der Waals surface area contributed by atoms with E-state index in [4.69, 9.17) is 11.6 Å². The predicted molar refractivity (Wildman–Crippen MR) is 82.6 cm³/mol. The van der Waals surface area contributed by atoms with Crippen molar-refractivity contribution in [2.24, 2.45) is 0 Å². The lowest BCUT2D eigenvalue weighted by Crippen LogP contribution is -2.26. The number of benzene rings is 2. The average Bonchev–Trinajstić information content (AvgIpc) is 2.41. The number of halogens is 1. The van der Waals surface area contributed by atoms with E-state index in [2.05, 4.69) is 12.6 Å². The summed E-state index contributed by atoms with van der Waals surface area (Å²) in [5, 5.41) is 0.432. The van der Waals surface area contributed by atoms with Gasteiger partial charge in [-0.05, 0) is 37.3 Å². The van der Waals surface area contributed by atoms with E-state index in [0.717, 1.165) is 11.3 Å². The molecule has 0 aliphatic carbocycles. The molecule has 2 nitrogen and oxygen atoms in total. The molecule has 0 saturated heterocycles. The molecule has 0 aromatic heterocycles. The average molecular weight is 292 g/mol. The van der Waals surface area contributed by atoms with Gasteiger partial charge in [0.25, 0.3) is 5.91 Å². The van der Waals surface area contributed by atoms with Gasteiger partial charge in [-0.2, -0.15) is 0 Å². The highest BCUT2D eigenvalue weighted by Crippen LogP contribution is 2.23. The summed E-state index contributed by atoms with van der Waals surface area (Å²) in [6.07, 6.45) is 0. The van der Waals surface area contributed by atoms with E-state index in [0.29, 0.717) is 15.5 Å². The van der Waals surface area contributed by atoms with Crippen molar-refractivity contribution >= 4 is 35.8 Å². The monoisotopic (exact) mass is 291 g/mol. The Hall–Kier alpha value is -1.45. The number of thiol groups is 1. The Balaban J connectivity index is 2.33. The van der Waals surface area contributed by atoms with E-state index in [1.54, 1.807) is 30.1 Å². The molecule has 0 fully saturated rings. The maximum absolute atomic E-state index is 12.4. The van der Waals surface area contributed by atoms with Gasteiger partial charge in [-0.1, -0.05) is 29.3 Å². The molecule has 1 amide bonds. The van der Waals surface area contributed by atoms with Gasteiger partial charge in [-0.3, -0.25) is 4.79 Å². The molecule has 0 radical (unpaired) electrons. The van der Waals surface area contributed by atoms with Crippen molar-refractivity contribution in [3.05, 3.63) is 58.6 Å². The molecular weight excluding hydrogens is 278 g/mol. The predicted octanol–water partition coefficient (Wildman–Crippen LogP) is 4.21. The van der Waals surface area contributed by atoms with E-state index >= 15 is 0 Å². The van der Waals surface area contributed by atoms with Crippen LogP contribution in [-0.2, 0) is 0 Å². The Bertz CT molecular complexity index is 610. The lowest BCUT2D eigenvalue weighted by molar-refractivity contribution is 0.0993. The fraction of sp³-hybridized carbons (Fsp3) is 0.133. The molecule has 0 N–H and O–H groups in total. The van der Waals surface area contributed by atoms with Crippen molar-refractivity contribution in [3.8, 4) is 0 Å². The fourth-order valence-corrected chi connectivity index (χ4v) is 2.15. The second-order valence-corrected chi connectivity index (χ2v) is 5.29. The van der Waals surface area contributed by atoms with Crippen LogP contribution in [0.3, 0.4) is 0 Å². The van der Waals surface area contributed by atoms with Crippen LogP contribution in [0.4, 0.5) is 5.69 Å². The number of carbonyl (C=O) groups is 1. The summed E-state index contributed by atoms with van der Waals surface area (Å²) in [4.78, 5) is 14.7. The number of amides is 1. The minimum Gasteiger partial charge on any atom is -0.311 e. The van der Waals surface area contributed by atoms with Gasteiger partial charge in [0.05, 0.1) is 10.6 Å². The topological polar surface area (TPSA) is 20.3 Å². The Kier molecular flexibility index (Phi) is 4.17. The van der Waals surface area contributed by atoms with Gasteiger partial charge in [0, 0.05) is 17.6 Å². The molecule has 2 aromatic rings. The summed E-state index contributed by atoms with van der Waals surface area (Å²) in [5.41, 5.74) is 2.44. The van der Waals surface area contributed by atoms with E-state index in [1.165, 1.54) is 0 Å². The molecule has 2 rings (SSSR count). The standard InChI is InChI=1S/C15H14ClNOS/c1-10-3-5-11(6-4-10)17(2)15(18)13-9-12(19)7-8-14(13)16/h3-9,19H,1-2H3. The minimum absolute atomic E-state index is 0.148. The number of anilines is 1. The van der Waals surface area contributed by atoms with Crippen molar-refractivity contribution < 1.29 is 4.79 Å². The van der Waals surface area contributed by atoms with Gasteiger partial charge in [0.1, 0.15) is 0 Å². The molecule has 98 valence electrons. The molecule has 0 aliphatic heterocycles. The Morgan fingerprint density at radius 3 is 2.42 bits per heavy atom. The second kappa shape index (κ2) is 5.68. The first-order chi connectivity index (χ1) is 8.99. The molecule has 4 heteroatoms. The normalized spacial score (nSPS) is 10.3. The van der Waals surface area contributed by atoms with Crippen molar-refractivity contribution in [1.82, 2.24) is 0 Å². The quantitative estimate of drug-likeness (QED) is 0.822. The maximum atomic E-state index is 12.4. The fourth-order valence-electron chi connectivity index (χ4n) is 1.74. The van der Waals surface area contributed by atoms with Crippen LogP contribution >= 0.6 is 24.2 Å². The summed E-state index contributed by atoms with van der Waals surface area (Å²) in [6.45, 7) is 2.01.